The Kier molecular flexibility index (Phi) is 5.13. The van der Waals surface area contributed by atoms with Crippen LogP contribution in [0, 0.1) is 6.92 Å². The third-order valence-corrected chi connectivity index (χ3v) is 3.11. The molecule has 0 saturated heterocycles. The van der Waals surface area contributed by atoms with Gasteiger partial charge < -0.3 is 10.1 Å². The van der Waals surface area contributed by atoms with Gasteiger partial charge in [0.15, 0.2) is 0 Å². The van der Waals surface area contributed by atoms with Crippen LogP contribution in [0.2, 0.25) is 0 Å². The highest BCUT2D eigenvalue weighted by Crippen LogP contribution is 2.24. The van der Waals surface area contributed by atoms with Gasteiger partial charge in [-0.15, -0.1) is 0 Å². The van der Waals surface area contributed by atoms with Gasteiger partial charge in [-0.05, 0) is 43.7 Å². The molecule has 0 aliphatic rings. The Hall–Kier alpha value is -1.87. The Labute approximate surface area is 121 Å². The van der Waals surface area contributed by atoms with Crippen molar-refractivity contribution >= 4 is 0 Å². The fourth-order valence-electron chi connectivity index (χ4n) is 2.15. The van der Waals surface area contributed by atoms with Gasteiger partial charge >= 0.3 is 0 Å². The quantitative estimate of drug-likeness (QED) is 0.865. The van der Waals surface area contributed by atoms with Crippen LogP contribution < -0.4 is 10.1 Å². The molecule has 0 aliphatic heterocycles. The van der Waals surface area contributed by atoms with E-state index < -0.39 is 0 Å². The van der Waals surface area contributed by atoms with Crippen LogP contribution in [0.15, 0.2) is 36.4 Å². The molecule has 0 radical (unpaired) electrons. The molecule has 1 N–H and O–H groups in total. The second-order valence-corrected chi connectivity index (χ2v) is 4.95. The van der Waals surface area contributed by atoms with Crippen LogP contribution in [0.1, 0.15) is 30.2 Å². The van der Waals surface area contributed by atoms with Crippen LogP contribution in [0.5, 0.6) is 11.6 Å². The molecule has 20 heavy (non-hydrogen) atoms. The molecule has 0 fully saturated rings. The number of benzene rings is 1. The summed E-state index contributed by atoms with van der Waals surface area (Å²) < 4.78 is 5.94. The molecular formula is C17H22N2O. The smallest absolute Gasteiger partial charge is 0.219 e. The predicted octanol–water partition coefficient (Wildman–Crippen LogP) is 3.85. The average Bonchev–Trinajstić information content (AvgIpc) is 2.42. The number of rotatable bonds is 6. The van der Waals surface area contributed by atoms with Crippen LogP contribution in [-0.2, 0) is 13.0 Å². The number of hydrogen-bond acceptors (Lipinski definition) is 3. The molecule has 3 nitrogen and oxygen atoms in total. The highest BCUT2D eigenvalue weighted by molar-refractivity contribution is 5.36. The molecule has 1 aromatic carbocycles. The minimum atomic E-state index is 0.676. The number of nitrogens with zero attached hydrogens (tertiary/aromatic N) is 1. The van der Waals surface area contributed by atoms with Gasteiger partial charge in [-0.2, -0.15) is 0 Å². The zero-order valence-electron chi connectivity index (χ0n) is 12.4. The Bertz CT molecular complexity index is 542. The fraction of sp³-hybridized carbons (Fsp3) is 0.353. The lowest BCUT2D eigenvalue weighted by Crippen LogP contribution is -2.06. The lowest BCUT2D eigenvalue weighted by atomic mass is 10.1. The monoisotopic (exact) mass is 270 g/mol. The maximum absolute atomic E-state index is 5.94. The number of aromatic nitrogens is 1. The Morgan fingerprint density at radius 2 is 2.00 bits per heavy atom. The van der Waals surface area contributed by atoms with Crippen LogP contribution in [0.4, 0.5) is 0 Å². The Morgan fingerprint density at radius 3 is 2.70 bits per heavy atom. The van der Waals surface area contributed by atoms with Crippen molar-refractivity contribution in [2.45, 2.75) is 33.2 Å². The first kappa shape index (κ1) is 14.5. The molecule has 1 heterocycles. The molecule has 0 amide bonds. The zero-order chi connectivity index (χ0) is 14.4. The van der Waals surface area contributed by atoms with Gasteiger partial charge in [0, 0.05) is 18.3 Å². The Balaban J connectivity index is 2.28. The third kappa shape index (κ3) is 3.81. The van der Waals surface area contributed by atoms with Gasteiger partial charge in [-0.3, -0.25) is 0 Å². The van der Waals surface area contributed by atoms with E-state index in [-0.39, 0.29) is 0 Å². The summed E-state index contributed by atoms with van der Waals surface area (Å²) in [7, 11) is 1.95. The topological polar surface area (TPSA) is 34.1 Å². The summed E-state index contributed by atoms with van der Waals surface area (Å²) in [5.41, 5.74) is 3.41. The minimum absolute atomic E-state index is 0.676. The van der Waals surface area contributed by atoms with Gasteiger partial charge in [-0.1, -0.05) is 31.5 Å². The second kappa shape index (κ2) is 7.06. The lowest BCUT2D eigenvalue weighted by molar-refractivity contribution is 0.456. The molecule has 0 bridgehead atoms. The molecule has 0 unspecified atom stereocenters. The van der Waals surface area contributed by atoms with E-state index in [1.807, 2.05) is 44.3 Å². The molecule has 106 valence electrons. The van der Waals surface area contributed by atoms with Crippen molar-refractivity contribution in [2.75, 3.05) is 7.05 Å². The van der Waals surface area contributed by atoms with Crippen molar-refractivity contribution in [1.29, 1.82) is 0 Å². The molecule has 0 aliphatic carbocycles. The fourth-order valence-corrected chi connectivity index (χ4v) is 2.15. The molecular weight excluding hydrogens is 248 g/mol. The van der Waals surface area contributed by atoms with Crippen molar-refractivity contribution < 1.29 is 4.74 Å². The summed E-state index contributed by atoms with van der Waals surface area (Å²) in [5, 5.41) is 3.17. The molecule has 1 aromatic heterocycles. The number of para-hydroxylation sites is 1. The van der Waals surface area contributed by atoms with Gasteiger partial charge in [0.05, 0.1) is 0 Å². The van der Waals surface area contributed by atoms with E-state index in [4.69, 9.17) is 4.74 Å². The molecule has 0 spiro atoms. The first-order valence-electron chi connectivity index (χ1n) is 7.11. The maximum Gasteiger partial charge on any atom is 0.219 e. The number of aryl methyl sites for hydroxylation is 2. The SMILES string of the molecule is CCCc1cc(CNC)cc(Oc2ccccc2C)n1. The van der Waals surface area contributed by atoms with E-state index in [1.165, 1.54) is 5.56 Å². The van der Waals surface area contributed by atoms with Gasteiger partial charge in [0.25, 0.3) is 0 Å². The molecule has 0 saturated carbocycles. The van der Waals surface area contributed by atoms with Gasteiger partial charge in [0.1, 0.15) is 5.75 Å². The van der Waals surface area contributed by atoms with Crippen molar-refractivity contribution in [3.8, 4) is 11.6 Å². The normalized spacial score (nSPS) is 10.6. The summed E-state index contributed by atoms with van der Waals surface area (Å²) in [5.74, 6) is 1.54. The summed E-state index contributed by atoms with van der Waals surface area (Å²) in [4.78, 5) is 4.59. The van der Waals surface area contributed by atoms with E-state index >= 15 is 0 Å². The predicted molar refractivity (Wildman–Crippen MR) is 82.2 cm³/mol. The van der Waals surface area contributed by atoms with E-state index in [2.05, 4.69) is 23.3 Å². The van der Waals surface area contributed by atoms with Crippen molar-refractivity contribution in [1.82, 2.24) is 10.3 Å². The van der Waals surface area contributed by atoms with Crippen LogP contribution >= 0.6 is 0 Å². The number of pyridine rings is 1. The summed E-state index contributed by atoms with van der Waals surface area (Å²) in [6.45, 7) is 5.03. The van der Waals surface area contributed by atoms with Crippen LogP contribution in [0.25, 0.3) is 0 Å². The lowest BCUT2D eigenvalue weighted by Gasteiger charge is -2.11. The number of ether oxygens (including phenoxy) is 1. The van der Waals surface area contributed by atoms with Crippen LogP contribution in [-0.4, -0.2) is 12.0 Å². The Morgan fingerprint density at radius 1 is 1.20 bits per heavy atom. The van der Waals surface area contributed by atoms with Crippen molar-refractivity contribution in [3.05, 3.63) is 53.2 Å². The van der Waals surface area contributed by atoms with E-state index in [0.29, 0.717) is 5.88 Å². The largest absolute Gasteiger partial charge is 0.439 e. The zero-order valence-corrected chi connectivity index (χ0v) is 12.4. The standard InChI is InChI=1S/C17H22N2O/c1-4-7-15-10-14(12-18-3)11-17(19-15)20-16-9-6-5-8-13(16)2/h5-6,8-11,18H,4,7,12H2,1-3H3. The van der Waals surface area contributed by atoms with Crippen LogP contribution in [0.3, 0.4) is 0 Å². The first-order valence-corrected chi connectivity index (χ1v) is 7.11. The third-order valence-electron chi connectivity index (χ3n) is 3.11. The highest BCUT2D eigenvalue weighted by atomic mass is 16.5. The second-order valence-electron chi connectivity index (χ2n) is 4.95. The maximum atomic E-state index is 5.94. The van der Waals surface area contributed by atoms with E-state index in [9.17, 15) is 0 Å². The first-order chi connectivity index (χ1) is 9.72. The van der Waals surface area contributed by atoms with E-state index in [1.54, 1.807) is 0 Å². The molecule has 2 rings (SSSR count). The summed E-state index contributed by atoms with van der Waals surface area (Å²) in [6.07, 6.45) is 2.06. The minimum Gasteiger partial charge on any atom is -0.439 e. The van der Waals surface area contributed by atoms with Gasteiger partial charge in [0.2, 0.25) is 5.88 Å². The average molecular weight is 270 g/mol. The molecule has 2 aromatic rings. The van der Waals surface area contributed by atoms with Crippen molar-refractivity contribution in [3.63, 3.8) is 0 Å². The highest BCUT2D eigenvalue weighted by Gasteiger charge is 2.06. The van der Waals surface area contributed by atoms with E-state index in [0.717, 1.165) is 36.4 Å². The number of hydrogen-bond donors (Lipinski definition) is 1. The van der Waals surface area contributed by atoms with Crippen molar-refractivity contribution in [2.24, 2.45) is 0 Å². The number of nitrogens with one attached hydrogen (secondary N) is 1. The van der Waals surface area contributed by atoms with Gasteiger partial charge in [-0.25, -0.2) is 4.98 Å². The molecule has 0 atom stereocenters. The summed E-state index contributed by atoms with van der Waals surface area (Å²) in [6, 6.07) is 12.1. The summed E-state index contributed by atoms with van der Waals surface area (Å²) >= 11 is 0. The molecule has 3 heteroatoms.